The lowest BCUT2D eigenvalue weighted by Crippen LogP contribution is -2.68. The SMILES string of the molecule is CC(C)(C)[Si](OCC1OC(OC(=N)C(Cl)(Cl)Cl)C(OC(=O)c2ccccc2)C(OCc2ccccc2)C1OCc1ccccc1)(c1ccccc1)c1ccccc1. The molecule has 0 radical (unpaired) electrons. The van der Waals surface area contributed by atoms with Crippen LogP contribution in [0.5, 0.6) is 0 Å². The number of nitrogens with one attached hydrogen (secondary N) is 1. The second kappa shape index (κ2) is 19.1. The smallest absolute Gasteiger partial charge is 0.338 e. The first-order chi connectivity index (χ1) is 27.4. The van der Waals surface area contributed by atoms with Crippen molar-refractivity contribution >= 4 is 65.4 Å². The fraction of sp³-hybridized carbons (Fsp3) is 0.289. The largest absolute Gasteiger partial charge is 0.449 e. The normalized spacial score (nSPS) is 20.1. The molecule has 1 fully saturated rings. The fourth-order valence-electron chi connectivity index (χ4n) is 7.07. The Bertz CT molecular complexity index is 1980. The predicted octanol–water partition coefficient (Wildman–Crippen LogP) is 9.05. The van der Waals surface area contributed by atoms with Gasteiger partial charge in [-0.15, -0.1) is 0 Å². The van der Waals surface area contributed by atoms with Gasteiger partial charge in [-0.2, -0.15) is 0 Å². The predicted molar refractivity (Wildman–Crippen MR) is 227 cm³/mol. The summed E-state index contributed by atoms with van der Waals surface area (Å²) in [5.41, 5.74) is 2.05. The third kappa shape index (κ3) is 10.5. The van der Waals surface area contributed by atoms with Crippen molar-refractivity contribution in [3.8, 4) is 0 Å². The van der Waals surface area contributed by atoms with Gasteiger partial charge in [-0.1, -0.05) is 195 Å². The monoisotopic (exact) mass is 845 g/mol. The molecule has 1 aliphatic heterocycles. The van der Waals surface area contributed by atoms with E-state index in [1.807, 2.05) is 97.1 Å². The van der Waals surface area contributed by atoms with Crippen LogP contribution in [0.3, 0.4) is 0 Å². The Hall–Kier alpha value is -4.03. The zero-order chi connectivity index (χ0) is 40.5. The van der Waals surface area contributed by atoms with Crippen LogP contribution in [0.25, 0.3) is 0 Å². The second-order valence-electron chi connectivity index (χ2n) is 14.7. The average Bonchev–Trinajstić information content (AvgIpc) is 3.21. The van der Waals surface area contributed by atoms with Crippen LogP contribution in [0.4, 0.5) is 0 Å². The summed E-state index contributed by atoms with van der Waals surface area (Å²) in [5, 5.41) is 10.4. The van der Waals surface area contributed by atoms with Gasteiger partial charge in [0.15, 0.2) is 6.10 Å². The average molecular weight is 847 g/mol. The number of hydrogen-bond donors (Lipinski definition) is 1. The van der Waals surface area contributed by atoms with Crippen molar-refractivity contribution < 1.29 is 32.9 Å². The van der Waals surface area contributed by atoms with E-state index in [0.29, 0.717) is 0 Å². The van der Waals surface area contributed by atoms with Crippen LogP contribution >= 0.6 is 34.8 Å². The van der Waals surface area contributed by atoms with Crippen LogP contribution in [0.15, 0.2) is 152 Å². The van der Waals surface area contributed by atoms with Crippen LogP contribution in [-0.4, -0.2) is 61.3 Å². The van der Waals surface area contributed by atoms with E-state index >= 15 is 0 Å². The molecular weight excluding hydrogens is 801 g/mol. The third-order valence-corrected chi connectivity index (χ3v) is 15.3. The van der Waals surface area contributed by atoms with E-state index in [4.69, 9.17) is 68.3 Å². The van der Waals surface area contributed by atoms with Crippen LogP contribution in [-0.2, 0) is 41.3 Å². The zero-order valence-electron chi connectivity index (χ0n) is 31.9. The first kappa shape index (κ1) is 42.6. The molecule has 5 atom stereocenters. The quantitative estimate of drug-likeness (QED) is 0.0392. The number of benzene rings is 5. The summed E-state index contributed by atoms with van der Waals surface area (Å²) >= 11 is 18.5. The molecule has 1 heterocycles. The second-order valence-corrected chi connectivity index (χ2v) is 21.3. The van der Waals surface area contributed by atoms with Crippen molar-refractivity contribution in [2.45, 2.75) is 73.5 Å². The number of carbonyl (C=O) groups excluding carboxylic acids is 1. The first-order valence-electron chi connectivity index (χ1n) is 18.7. The Labute approximate surface area is 350 Å². The maximum atomic E-state index is 13.8. The van der Waals surface area contributed by atoms with Crippen LogP contribution < -0.4 is 10.4 Å². The summed E-state index contributed by atoms with van der Waals surface area (Å²) < 4.78 is 37.6. The summed E-state index contributed by atoms with van der Waals surface area (Å²) in [6.45, 7) is 6.84. The van der Waals surface area contributed by atoms with Crippen molar-refractivity contribution in [1.82, 2.24) is 0 Å². The number of carbonyl (C=O) groups is 1. The number of rotatable bonds is 14. The Morgan fingerprint density at radius 2 is 1.07 bits per heavy atom. The van der Waals surface area contributed by atoms with Gasteiger partial charge < -0.3 is 28.1 Å². The summed E-state index contributed by atoms with van der Waals surface area (Å²) in [6.07, 6.45) is -5.63. The van der Waals surface area contributed by atoms with Crippen LogP contribution in [0.1, 0.15) is 42.3 Å². The maximum Gasteiger partial charge on any atom is 0.338 e. The van der Waals surface area contributed by atoms with Gasteiger partial charge >= 0.3 is 5.97 Å². The molecule has 5 unspecified atom stereocenters. The van der Waals surface area contributed by atoms with E-state index in [-0.39, 0.29) is 30.4 Å². The van der Waals surface area contributed by atoms with Crippen molar-refractivity contribution in [2.75, 3.05) is 6.61 Å². The molecule has 0 saturated carbocycles. The van der Waals surface area contributed by atoms with Gasteiger partial charge in [0.1, 0.15) is 18.3 Å². The van der Waals surface area contributed by atoms with Crippen molar-refractivity contribution in [3.63, 3.8) is 0 Å². The molecule has 0 aliphatic carbocycles. The van der Waals surface area contributed by atoms with E-state index < -0.39 is 54.7 Å². The highest BCUT2D eigenvalue weighted by molar-refractivity contribution is 6.99. The van der Waals surface area contributed by atoms with Gasteiger partial charge in [-0.3, -0.25) is 5.41 Å². The van der Waals surface area contributed by atoms with Crippen molar-refractivity contribution in [2.24, 2.45) is 0 Å². The molecular formula is C45H46Cl3NO7Si. The zero-order valence-corrected chi connectivity index (χ0v) is 35.2. The molecule has 1 aliphatic rings. The van der Waals surface area contributed by atoms with Gasteiger partial charge in [0.2, 0.25) is 12.2 Å². The molecule has 5 aromatic carbocycles. The fourth-order valence-corrected chi connectivity index (χ4v) is 11.8. The molecule has 8 nitrogen and oxygen atoms in total. The molecule has 12 heteroatoms. The van der Waals surface area contributed by atoms with E-state index in [9.17, 15) is 4.79 Å². The van der Waals surface area contributed by atoms with Gasteiger partial charge in [-0.25, -0.2) is 4.79 Å². The summed E-state index contributed by atoms with van der Waals surface area (Å²) in [6, 6.07) is 48.3. The van der Waals surface area contributed by atoms with Gasteiger partial charge in [0, 0.05) is 0 Å². The number of halogens is 3. The highest BCUT2D eigenvalue weighted by Crippen LogP contribution is 2.39. The lowest BCUT2D eigenvalue weighted by Gasteiger charge is -2.48. The van der Waals surface area contributed by atoms with Crippen molar-refractivity contribution in [3.05, 3.63) is 168 Å². The van der Waals surface area contributed by atoms with E-state index in [2.05, 4.69) is 45.0 Å². The lowest BCUT2D eigenvalue weighted by molar-refractivity contribution is -0.299. The standard InChI is InChI=1S/C45H46Cl3NO7Si/c1-44(2,3)57(35-25-15-7-16-26-35,36-27-17-8-18-28-36)53-31-37-38(51-29-32-19-9-4-10-20-32)39(52-30-33-21-11-5-12-22-33)40(42(54-37)56-43(49)45(46,47)48)55-41(50)34-23-13-6-14-24-34/h4-28,37-40,42,49H,29-31H2,1-3H3. The Balaban J connectivity index is 1.46. The lowest BCUT2D eigenvalue weighted by atomic mass is 9.97. The Morgan fingerprint density at radius 3 is 1.53 bits per heavy atom. The molecule has 1 saturated heterocycles. The molecule has 0 aromatic heterocycles. The Morgan fingerprint density at radius 1 is 0.632 bits per heavy atom. The number of esters is 1. The minimum absolute atomic E-state index is 0.00174. The maximum absolute atomic E-state index is 13.8. The van der Waals surface area contributed by atoms with Gasteiger partial charge in [0.25, 0.3) is 12.1 Å². The molecule has 298 valence electrons. The van der Waals surface area contributed by atoms with Crippen LogP contribution in [0.2, 0.25) is 5.04 Å². The van der Waals surface area contributed by atoms with E-state index in [0.717, 1.165) is 21.5 Å². The van der Waals surface area contributed by atoms with Crippen molar-refractivity contribution in [1.29, 1.82) is 5.41 Å². The van der Waals surface area contributed by atoms with E-state index in [1.54, 1.807) is 30.3 Å². The molecule has 57 heavy (non-hydrogen) atoms. The van der Waals surface area contributed by atoms with Crippen LogP contribution in [0, 0.1) is 5.41 Å². The van der Waals surface area contributed by atoms with E-state index in [1.165, 1.54) is 0 Å². The minimum Gasteiger partial charge on any atom is -0.449 e. The third-order valence-electron chi connectivity index (χ3n) is 9.79. The molecule has 5 aromatic rings. The van der Waals surface area contributed by atoms with Gasteiger partial charge in [0.05, 0.1) is 25.4 Å². The number of alkyl halides is 3. The summed E-state index contributed by atoms with van der Waals surface area (Å²) in [4.78, 5) is 13.8. The number of hydrogen-bond acceptors (Lipinski definition) is 8. The Kier molecular flexibility index (Phi) is 14.3. The molecule has 0 amide bonds. The summed E-state index contributed by atoms with van der Waals surface area (Å²) in [7, 11) is -3.12. The molecule has 6 rings (SSSR count). The first-order valence-corrected chi connectivity index (χ1v) is 21.7. The molecule has 1 N–H and O–H groups in total. The minimum atomic E-state index is -3.12. The molecule has 0 spiro atoms. The van der Waals surface area contributed by atoms with Gasteiger partial charge in [-0.05, 0) is 38.7 Å². The molecule has 0 bridgehead atoms. The highest BCUT2D eigenvalue weighted by Gasteiger charge is 2.55. The topological polar surface area (TPSA) is 96.3 Å². The number of ether oxygens (including phenoxy) is 5. The highest BCUT2D eigenvalue weighted by atomic mass is 35.6. The summed E-state index contributed by atoms with van der Waals surface area (Å²) in [5.74, 6) is -1.40.